The summed E-state index contributed by atoms with van der Waals surface area (Å²) in [4.78, 5) is 23.3. The van der Waals surface area contributed by atoms with Crippen molar-refractivity contribution in [1.29, 1.82) is 0 Å². The Kier molecular flexibility index (Phi) is 5.48. The van der Waals surface area contributed by atoms with E-state index in [9.17, 15) is 4.79 Å². The first-order valence-electron chi connectivity index (χ1n) is 8.81. The standard InChI is InChI=1S/C19H25N5O/c1-14-7-6-8-17(15(14)2)23-19(25)21-13-16-9-10-20-18(22-16)24-11-4-3-5-12-24/h6-10H,3-5,11-13H2,1-2H3,(H2,21,23,25). The van der Waals surface area contributed by atoms with Gasteiger partial charge in [-0.25, -0.2) is 14.8 Å². The highest BCUT2D eigenvalue weighted by Gasteiger charge is 2.14. The van der Waals surface area contributed by atoms with Gasteiger partial charge in [-0.05, 0) is 56.4 Å². The highest BCUT2D eigenvalue weighted by Crippen LogP contribution is 2.18. The molecule has 2 amide bonds. The molecule has 1 aromatic carbocycles. The third-order valence-electron chi connectivity index (χ3n) is 4.62. The van der Waals surface area contributed by atoms with Crippen molar-refractivity contribution in [1.82, 2.24) is 15.3 Å². The van der Waals surface area contributed by atoms with Gasteiger partial charge in [0.25, 0.3) is 0 Å². The lowest BCUT2D eigenvalue weighted by Gasteiger charge is -2.26. The molecule has 3 rings (SSSR count). The van der Waals surface area contributed by atoms with Gasteiger partial charge >= 0.3 is 6.03 Å². The minimum absolute atomic E-state index is 0.230. The maximum Gasteiger partial charge on any atom is 0.319 e. The van der Waals surface area contributed by atoms with E-state index in [0.717, 1.165) is 41.5 Å². The summed E-state index contributed by atoms with van der Waals surface area (Å²) >= 11 is 0. The third kappa shape index (κ3) is 4.47. The topological polar surface area (TPSA) is 70.2 Å². The van der Waals surface area contributed by atoms with Gasteiger partial charge in [0.05, 0.1) is 12.2 Å². The Balaban J connectivity index is 1.57. The zero-order valence-electron chi connectivity index (χ0n) is 14.9. The molecule has 0 spiro atoms. The molecule has 132 valence electrons. The van der Waals surface area contributed by atoms with Gasteiger partial charge in [0.1, 0.15) is 0 Å². The van der Waals surface area contributed by atoms with E-state index < -0.39 is 0 Å². The van der Waals surface area contributed by atoms with Crippen LogP contribution in [0.4, 0.5) is 16.4 Å². The fourth-order valence-electron chi connectivity index (χ4n) is 2.95. The average Bonchev–Trinajstić information content (AvgIpc) is 2.65. The van der Waals surface area contributed by atoms with Gasteiger partial charge in [0.2, 0.25) is 5.95 Å². The second kappa shape index (κ2) is 7.96. The van der Waals surface area contributed by atoms with E-state index in [1.807, 2.05) is 38.1 Å². The number of nitrogens with one attached hydrogen (secondary N) is 2. The lowest BCUT2D eigenvalue weighted by Crippen LogP contribution is -2.32. The molecule has 6 heteroatoms. The fraction of sp³-hybridized carbons (Fsp3) is 0.421. The number of hydrogen-bond acceptors (Lipinski definition) is 4. The van der Waals surface area contributed by atoms with Gasteiger partial charge in [-0.15, -0.1) is 0 Å². The van der Waals surface area contributed by atoms with Gasteiger partial charge in [-0.1, -0.05) is 12.1 Å². The summed E-state index contributed by atoms with van der Waals surface area (Å²) in [5.74, 6) is 0.758. The summed E-state index contributed by atoms with van der Waals surface area (Å²) in [6.45, 7) is 6.41. The molecule has 2 N–H and O–H groups in total. The molecule has 0 atom stereocenters. The van der Waals surface area contributed by atoms with Crippen LogP contribution in [0, 0.1) is 13.8 Å². The summed E-state index contributed by atoms with van der Waals surface area (Å²) in [5.41, 5.74) is 3.87. The molecule has 2 aromatic rings. The number of hydrogen-bond donors (Lipinski definition) is 2. The zero-order valence-corrected chi connectivity index (χ0v) is 14.9. The number of piperidine rings is 1. The molecular weight excluding hydrogens is 314 g/mol. The Morgan fingerprint density at radius 3 is 2.76 bits per heavy atom. The maximum absolute atomic E-state index is 12.2. The van der Waals surface area contributed by atoms with Crippen LogP contribution < -0.4 is 15.5 Å². The van der Waals surface area contributed by atoms with Crippen molar-refractivity contribution < 1.29 is 4.79 Å². The molecule has 1 fully saturated rings. The minimum atomic E-state index is -0.230. The summed E-state index contributed by atoms with van der Waals surface area (Å²) in [5, 5.41) is 5.76. The molecule has 2 heterocycles. The Bertz CT molecular complexity index is 740. The second-order valence-corrected chi connectivity index (χ2v) is 6.45. The molecule has 1 aliphatic rings. The number of rotatable bonds is 4. The summed E-state index contributed by atoms with van der Waals surface area (Å²) in [6, 6.07) is 7.48. The van der Waals surface area contributed by atoms with Crippen LogP contribution in [0.1, 0.15) is 36.1 Å². The highest BCUT2D eigenvalue weighted by molar-refractivity contribution is 5.90. The molecule has 1 saturated heterocycles. The number of aryl methyl sites for hydroxylation is 1. The smallest absolute Gasteiger partial charge is 0.319 e. The van der Waals surface area contributed by atoms with Crippen LogP contribution in [0.5, 0.6) is 0 Å². The normalized spacial score (nSPS) is 14.2. The molecule has 0 radical (unpaired) electrons. The van der Waals surface area contributed by atoms with Crippen molar-refractivity contribution in [2.45, 2.75) is 39.7 Å². The Morgan fingerprint density at radius 2 is 1.96 bits per heavy atom. The first-order valence-corrected chi connectivity index (χ1v) is 8.81. The Morgan fingerprint density at radius 1 is 1.16 bits per heavy atom. The number of amides is 2. The summed E-state index contributed by atoms with van der Waals surface area (Å²) < 4.78 is 0. The SMILES string of the molecule is Cc1cccc(NC(=O)NCc2ccnc(N3CCCCC3)n2)c1C. The monoisotopic (exact) mass is 339 g/mol. The van der Waals surface area contributed by atoms with Crippen LogP contribution in [-0.2, 0) is 6.54 Å². The van der Waals surface area contributed by atoms with Crippen molar-refractivity contribution in [3.05, 3.63) is 47.3 Å². The van der Waals surface area contributed by atoms with E-state index in [1.54, 1.807) is 6.20 Å². The molecule has 0 saturated carbocycles. The highest BCUT2D eigenvalue weighted by atomic mass is 16.2. The van der Waals surface area contributed by atoms with Crippen LogP contribution in [0.2, 0.25) is 0 Å². The third-order valence-corrected chi connectivity index (χ3v) is 4.62. The molecular formula is C19H25N5O. The predicted octanol–water partition coefficient (Wildman–Crippen LogP) is 3.41. The largest absolute Gasteiger partial charge is 0.341 e. The molecule has 0 unspecified atom stereocenters. The number of urea groups is 1. The summed E-state index contributed by atoms with van der Waals surface area (Å²) in [6.07, 6.45) is 5.40. The van der Waals surface area contributed by atoms with Gasteiger partial charge in [0.15, 0.2) is 0 Å². The van der Waals surface area contributed by atoms with Crippen molar-refractivity contribution in [2.24, 2.45) is 0 Å². The van der Waals surface area contributed by atoms with Crippen LogP contribution in [-0.4, -0.2) is 29.1 Å². The minimum Gasteiger partial charge on any atom is -0.341 e. The molecule has 0 bridgehead atoms. The van der Waals surface area contributed by atoms with E-state index in [4.69, 9.17) is 0 Å². The van der Waals surface area contributed by atoms with Crippen LogP contribution in [0.15, 0.2) is 30.5 Å². The van der Waals surface area contributed by atoms with E-state index in [0.29, 0.717) is 6.54 Å². The van der Waals surface area contributed by atoms with Gasteiger partial charge in [-0.2, -0.15) is 0 Å². The first-order chi connectivity index (χ1) is 12.1. The van der Waals surface area contributed by atoms with Gasteiger partial charge in [-0.3, -0.25) is 0 Å². The average molecular weight is 339 g/mol. The van der Waals surface area contributed by atoms with Crippen LogP contribution >= 0.6 is 0 Å². The first kappa shape index (κ1) is 17.2. The molecule has 1 aliphatic heterocycles. The zero-order chi connectivity index (χ0) is 17.6. The van der Waals surface area contributed by atoms with Crippen molar-refractivity contribution in [3.63, 3.8) is 0 Å². The Labute approximate surface area is 148 Å². The quantitative estimate of drug-likeness (QED) is 0.895. The van der Waals surface area contributed by atoms with E-state index in [1.165, 1.54) is 19.3 Å². The number of anilines is 2. The van der Waals surface area contributed by atoms with Gasteiger partial charge in [0, 0.05) is 25.0 Å². The number of aromatic nitrogens is 2. The molecule has 0 aliphatic carbocycles. The number of carbonyl (C=O) groups excluding carboxylic acids is 1. The summed E-state index contributed by atoms with van der Waals surface area (Å²) in [7, 11) is 0. The number of benzene rings is 1. The van der Waals surface area contributed by atoms with Crippen LogP contribution in [0.25, 0.3) is 0 Å². The van der Waals surface area contributed by atoms with E-state index >= 15 is 0 Å². The maximum atomic E-state index is 12.2. The molecule has 6 nitrogen and oxygen atoms in total. The van der Waals surface area contributed by atoms with Crippen molar-refractivity contribution in [3.8, 4) is 0 Å². The number of nitrogens with zero attached hydrogens (tertiary/aromatic N) is 3. The molecule has 25 heavy (non-hydrogen) atoms. The second-order valence-electron chi connectivity index (χ2n) is 6.45. The lowest BCUT2D eigenvalue weighted by molar-refractivity contribution is 0.251. The van der Waals surface area contributed by atoms with Crippen molar-refractivity contribution >= 4 is 17.7 Å². The van der Waals surface area contributed by atoms with E-state index in [2.05, 4.69) is 25.5 Å². The number of carbonyl (C=O) groups is 1. The fourth-order valence-corrected chi connectivity index (χ4v) is 2.95. The van der Waals surface area contributed by atoms with Crippen LogP contribution in [0.3, 0.4) is 0 Å². The lowest BCUT2D eigenvalue weighted by atomic mass is 10.1. The molecule has 1 aromatic heterocycles. The predicted molar refractivity (Wildman–Crippen MR) is 99.9 cm³/mol. The van der Waals surface area contributed by atoms with Gasteiger partial charge < -0.3 is 15.5 Å². The van der Waals surface area contributed by atoms with E-state index in [-0.39, 0.29) is 6.03 Å². The Hall–Kier alpha value is -2.63. The van der Waals surface area contributed by atoms with Crippen molar-refractivity contribution in [2.75, 3.05) is 23.3 Å².